The number of nitrogens with one attached hydrogen (secondary N) is 2. The van der Waals surface area contributed by atoms with Gasteiger partial charge in [0.2, 0.25) is 11.8 Å². The van der Waals surface area contributed by atoms with Gasteiger partial charge in [0.05, 0.1) is 13.3 Å². The van der Waals surface area contributed by atoms with Crippen LogP contribution in [0.15, 0.2) is 27.8 Å². The molecule has 22 heavy (non-hydrogen) atoms. The third-order valence-corrected chi connectivity index (χ3v) is 3.26. The first-order chi connectivity index (χ1) is 10.6. The van der Waals surface area contributed by atoms with E-state index in [1.54, 1.807) is 18.7 Å². The first-order valence-electron chi connectivity index (χ1n) is 6.65. The van der Waals surface area contributed by atoms with Gasteiger partial charge in [-0.25, -0.2) is 10.9 Å². The molecule has 0 fully saturated rings. The SMILES string of the molecule is COc1ccc(Br)cc1/C=N/NC(=O)CCCCC(=O)NO. The number of amides is 2. The van der Waals surface area contributed by atoms with E-state index in [4.69, 9.17) is 9.94 Å². The highest BCUT2D eigenvalue weighted by atomic mass is 79.9. The summed E-state index contributed by atoms with van der Waals surface area (Å²) >= 11 is 3.35. The van der Waals surface area contributed by atoms with Crippen molar-refractivity contribution in [2.75, 3.05) is 7.11 Å². The van der Waals surface area contributed by atoms with E-state index in [-0.39, 0.29) is 18.7 Å². The summed E-state index contributed by atoms with van der Waals surface area (Å²) in [5, 5.41) is 12.2. The number of ether oxygens (including phenoxy) is 1. The minimum atomic E-state index is -0.458. The Morgan fingerprint density at radius 1 is 1.32 bits per heavy atom. The molecule has 1 rings (SSSR count). The maximum absolute atomic E-state index is 11.6. The lowest BCUT2D eigenvalue weighted by molar-refractivity contribution is -0.129. The molecule has 0 aliphatic heterocycles. The Hall–Kier alpha value is -1.93. The van der Waals surface area contributed by atoms with Crippen molar-refractivity contribution in [2.24, 2.45) is 5.10 Å². The van der Waals surface area contributed by atoms with Gasteiger partial charge < -0.3 is 4.74 Å². The lowest BCUT2D eigenvalue weighted by Crippen LogP contribution is -2.19. The molecule has 7 nitrogen and oxygen atoms in total. The average molecular weight is 372 g/mol. The van der Waals surface area contributed by atoms with Crippen LogP contribution in [0.4, 0.5) is 0 Å². The molecule has 1 aromatic carbocycles. The van der Waals surface area contributed by atoms with Gasteiger partial charge in [-0.2, -0.15) is 5.10 Å². The maximum atomic E-state index is 11.6. The molecule has 0 aliphatic carbocycles. The molecule has 0 saturated heterocycles. The standard InChI is InChI=1S/C14H18BrN3O4/c1-22-12-7-6-11(15)8-10(12)9-16-17-13(19)4-2-3-5-14(20)18-21/h6-9,21H,2-5H2,1H3,(H,17,19)(H,18,20)/b16-9+. The molecule has 2 amide bonds. The van der Waals surface area contributed by atoms with Crippen molar-refractivity contribution in [2.45, 2.75) is 25.7 Å². The molecule has 8 heteroatoms. The van der Waals surface area contributed by atoms with Gasteiger partial charge in [0.25, 0.3) is 0 Å². The van der Waals surface area contributed by atoms with Crippen molar-refractivity contribution in [3.8, 4) is 5.75 Å². The number of carbonyl (C=O) groups excluding carboxylic acids is 2. The van der Waals surface area contributed by atoms with Crippen LogP contribution in [0.3, 0.4) is 0 Å². The second-order valence-electron chi connectivity index (χ2n) is 4.42. The zero-order chi connectivity index (χ0) is 16.4. The van der Waals surface area contributed by atoms with E-state index in [1.807, 2.05) is 12.1 Å². The molecule has 0 atom stereocenters. The van der Waals surface area contributed by atoms with Crippen LogP contribution < -0.4 is 15.6 Å². The molecule has 0 bridgehead atoms. The molecule has 0 saturated carbocycles. The predicted molar refractivity (Wildman–Crippen MR) is 84.8 cm³/mol. The molecule has 0 heterocycles. The maximum Gasteiger partial charge on any atom is 0.243 e. The van der Waals surface area contributed by atoms with Gasteiger partial charge in [-0.1, -0.05) is 15.9 Å². The minimum Gasteiger partial charge on any atom is -0.496 e. The van der Waals surface area contributed by atoms with Crippen LogP contribution in [0.1, 0.15) is 31.2 Å². The van der Waals surface area contributed by atoms with Crippen LogP contribution in [-0.4, -0.2) is 30.3 Å². The zero-order valence-electron chi connectivity index (χ0n) is 12.1. The van der Waals surface area contributed by atoms with E-state index in [0.717, 1.165) is 10.0 Å². The Balaban J connectivity index is 2.37. The first kappa shape index (κ1) is 18.1. The summed E-state index contributed by atoms with van der Waals surface area (Å²) in [5.74, 6) is -0.0500. The van der Waals surface area contributed by atoms with E-state index in [9.17, 15) is 9.59 Å². The van der Waals surface area contributed by atoms with Crippen LogP contribution in [0, 0.1) is 0 Å². The summed E-state index contributed by atoms with van der Waals surface area (Å²) in [6.45, 7) is 0. The molecule has 0 unspecified atom stereocenters. The molecular formula is C14H18BrN3O4. The van der Waals surface area contributed by atoms with E-state index in [0.29, 0.717) is 18.6 Å². The topological polar surface area (TPSA) is 100 Å². The number of benzene rings is 1. The predicted octanol–water partition coefficient (Wildman–Crippen LogP) is 1.97. The molecule has 120 valence electrons. The summed E-state index contributed by atoms with van der Waals surface area (Å²) in [6, 6.07) is 5.46. The fraction of sp³-hybridized carbons (Fsp3) is 0.357. The summed E-state index contributed by atoms with van der Waals surface area (Å²) in [7, 11) is 1.56. The second kappa shape index (κ2) is 9.91. The van der Waals surface area contributed by atoms with Crippen molar-refractivity contribution in [1.29, 1.82) is 0 Å². The van der Waals surface area contributed by atoms with Gasteiger partial charge in [-0.05, 0) is 31.0 Å². The first-order valence-corrected chi connectivity index (χ1v) is 7.44. The van der Waals surface area contributed by atoms with Crippen molar-refractivity contribution < 1.29 is 19.5 Å². The van der Waals surface area contributed by atoms with Gasteiger partial charge in [-0.3, -0.25) is 14.8 Å². The highest BCUT2D eigenvalue weighted by Crippen LogP contribution is 2.21. The minimum absolute atomic E-state index is 0.183. The molecule has 0 aromatic heterocycles. The van der Waals surface area contributed by atoms with Gasteiger partial charge >= 0.3 is 0 Å². The number of hydrogen-bond donors (Lipinski definition) is 3. The molecule has 0 radical (unpaired) electrons. The van der Waals surface area contributed by atoms with Gasteiger partial charge in [0, 0.05) is 22.9 Å². The summed E-state index contributed by atoms with van der Waals surface area (Å²) in [4.78, 5) is 22.3. The zero-order valence-corrected chi connectivity index (χ0v) is 13.7. The van der Waals surface area contributed by atoms with Crippen LogP contribution in [0.25, 0.3) is 0 Å². The van der Waals surface area contributed by atoms with Gasteiger partial charge in [-0.15, -0.1) is 0 Å². The number of unbranched alkanes of at least 4 members (excludes halogenated alkanes) is 1. The van der Waals surface area contributed by atoms with Crippen molar-refractivity contribution in [1.82, 2.24) is 10.9 Å². The van der Waals surface area contributed by atoms with Gasteiger partial charge in [0.15, 0.2) is 0 Å². The summed E-state index contributed by atoms with van der Waals surface area (Å²) in [5.41, 5.74) is 4.69. The second-order valence-corrected chi connectivity index (χ2v) is 5.34. The third-order valence-electron chi connectivity index (χ3n) is 2.77. The molecule has 3 N–H and O–H groups in total. The smallest absolute Gasteiger partial charge is 0.243 e. The Labute approximate surface area is 136 Å². The fourth-order valence-corrected chi connectivity index (χ4v) is 2.04. The van der Waals surface area contributed by atoms with Crippen LogP contribution in [-0.2, 0) is 9.59 Å². The van der Waals surface area contributed by atoms with Gasteiger partial charge in [0.1, 0.15) is 5.75 Å². The Kier molecular flexibility index (Phi) is 8.16. The summed E-state index contributed by atoms with van der Waals surface area (Å²) in [6.07, 6.45) is 2.99. The van der Waals surface area contributed by atoms with E-state index in [1.165, 1.54) is 6.21 Å². The van der Waals surface area contributed by atoms with E-state index >= 15 is 0 Å². The fourth-order valence-electron chi connectivity index (χ4n) is 1.66. The molecule has 1 aromatic rings. The number of halogens is 1. The quantitative estimate of drug-likeness (QED) is 0.281. The van der Waals surface area contributed by atoms with E-state index < -0.39 is 5.91 Å². The number of hydrazone groups is 1. The Morgan fingerprint density at radius 2 is 2.00 bits per heavy atom. The van der Waals surface area contributed by atoms with Crippen LogP contribution in [0.5, 0.6) is 5.75 Å². The Bertz CT molecular complexity index is 549. The lowest BCUT2D eigenvalue weighted by Gasteiger charge is -2.04. The lowest BCUT2D eigenvalue weighted by atomic mass is 10.2. The molecular weight excluding hydrogens is 354 g/mol. The molecule has 0 spiro atoms. The Morgan fingerprint density at radius 3 is 2.64 bits per heavy atom. The average Bonchev–Trinajstić information content (AvgIpc) is 2.51. The summed E-state index contributed by atoms with van der Waals surface area (Å²) < 4.78 is 6.07. The largest absolute Gasteiger partial charge is 0.496 e. The van der Waals surface area contributed by atoms with Crippen molar-refractivity contribution >= 4 is 34.0 Å². The normalized spacial score (nSPS) is 10.5. The number of rotatable bonds is 8. The highest BCUT2D eigenvalue weighted by Gasteiger charge is 2.03. The molecule has 0 aliphatic rings. The third kappa shape index (κ3) is 6.68. The van der Waals surface area contributed by atoms with Crippen molar-refractivity contribution in [3.63, 3.8) is 0 Å². The van der Waals surface area contributed by atoms with Crippen molar-refractivity contribution in [3.05, 3.63) is 28.2 Å². The van der Waals surface area contributed by atoms with Crippen LogP contribution in [0.2, 0.25) is 0 Å². The number of hydrogen-bond acceptors (Lipinski definition) is 5. The number of nitrogens with zero attached hydrogens (tertiary/aromatic N) is 1. The highest BCUT2D eigenvalue weighted by molar-refractivity contribution is 9.10. The number of hydroxylamine groups is 1. The van der Waals surface area contributed by atoms with E-state index in [2.05, 4.69) is 26.5 Å². The monoisotopic (exact) mass is 371 g/mol. The van der Waals surface area contributed by atoms with Crippen LogP contribution >= 0.6 is 15.9 Å². The number of methoxy groups -OCH3 is 1. The number of carbonyl (C=O) groups is 2.